The molecular weight excluding hydrogens is 253 g/mol. The number of rotatable bonds is 5. The number of benzene rings is 1. The highest BCUT2D eigenvalue weighted by molar-refractivity contribution is 5.94. The van der Waals surface area contributed by atoms with Crippen LogP contribution >= 0.6 is 0 Å². The highest BCUT2D eigenvalue weighted by atomic mass is 19.1. The molecule has 0 aliphatic heterocycles. The Labute approximate surface area is 109 Å². The normalized spacial score (nSPS) is 11.4. The van der Waals surface area contributed by atoms with Gasteiger partial charge in [-0.2, -0.15) is 5.26 Å². The molecule has 0 aliphatic rings. The number of nitrogens with zero attached hydrogens (tertiary/aromatic N) is 2. The number of hydrogen-bond acceptors (Lipinski definition) is 4. The second-order valence-electron chi connectivity index (χ2n) is 3.88. The van der Waals surface area contributed by atoms with Crippen LogP contribution in [0.1, 0.15) is 19.8 Å². The lowest BCUT2D eigenvalue weighted by atomic mass is 10.0. The summed E-state index contributed by atoms with van der Waals surface area (Å²) in [5.74, 6) is -2.38. The molecule has 6 nitrogen and oxygen atoms in total. The van der Waals surface area contributed by atoms with E-state index < -0.39 is 28.3 Å². The Balaban J connectivity index is 2.86. The Bertz CT molecular complexity index is 540. The summed E-state index contributed by atoms with van der Waals surface area (Å²) in [5, 5.41) is 21.5. The number of carbonyl (C=O) groups is 1. The predicted octanol–water partition coefficient (Wildman–Crippen LogP) is 2.61. The van der Waals surface area contributed by atoms with Crippen LogP contribution in [0.2, 0.25) is 0 Å². The van der Waals surface area contributed by atoms with Crippen molar-refractivity contribution in [3.8, 4) is 6.07 Å². The van der Waals surface area contributed by atoms with Crippen molar-refractivity contribution >= 4 is 17.3 Å². The molecule has 1 N–H and O–H groups in total. The molecule has 0 saturated carbocycles. The van der Waals surface area contributed by atoms with Crippen molar-refractivity contribution in [2.75, 3.05) is 5.32 Å². The van der Waals surface area contributed by atoms with Gasteiger partial charge in [0.25, 0.3) is 5.69 Å². The van der Waals surface area contributed by atoms with Crippen molar-refractivity contribution < 1.29 is 14.1 Å². The molecule has 7 heteroatoms. The van der Waals surface area contributed by atoms with Crippen LogP contribution in [-0.4, -0.2) is 10.8 Å². The molecule has 0 spiro atoms. The first-order chi connectivity index (χ1) is 8.99. The van der Waals surface area contributed by atoms with E-state index in [1.54, 1.807) is 0 Å². The van der Waals surface area contributed by atoms with Gasteiger partial charge in [-0.15, -0.1) is 0 Å². The Kier molecular flexibility index (Phi) is 4.94. The quantitative estimate of drug-likeness (QED) is 0.653. The van der Waals surface area contributed by atoms with Crippen LogP contribution in [0.3, 0.4) is 0 Å². The first-order valence-electron chi connectivity index (χ1n) is 5.64. The van der Waals surface area contributed by atoms with Crippen LogP contribution in [-0.2, 0) is 4.79 Å². The van der Waals surface area contributed by atoms with E-state index in [9.17, 15) is 19.3 Å². The molecule has 1 unspecified atom stereocenters. The van der Waals surface area contributed by atoms with E-state index in [1.165, 1.54) is 0 Å². The molecule has 0 heterocycles. The van der Waals surface area contributed by atoms with Gasteiger partial charge in [-0.25, -0.2) is 4.39 Å². The van der Waals surface area contributed by atoms with Gasteiger partial charge in [0.2, 0.25) is 5.91 Å². The number of nitriles is 1. The number of non-ortho nitro benzene ring substituents is 1. The average molecular weight is 265 g/mol. The highest BCUT2D eigenvalue weighted by Crippen LogP contribution is 2.21. The maximum atomic E-state index is 13.5. The van der Waals surface area contributed by atoms with Gasteiger partial charge in [0, 0.05) is 6.07 Å². The highest BCUT2D eigenvalue weighted by Gasteiger charge is 2.19. The van der Waals surface area contributed by atoms with Gasteiger partial charge in [0.1, 0.15) is 5.92 Å². The summed E-state index contributed by atoms with van der Waals surface area (Å²) in [6.45, 7) is 1.82. The van der Waals surface area contributed by atoms with Crippen molar-refractivity contribution in [1.29, 1.82) is 5.26 Å². The van der Waals surface area contributed by atoms with E-state index in [0.29, 0.717) is 12.8 Å². The van der Waals surface area contributed by atoms with E-state index in [-0.39, 0.29) is 5.69 Å². The summed E-state index contributed by atoms with van der Waals surface area (Å²) >= 11 is 0. The number of anilines is 1. The second-order valence-corrected chi connectivity index (χ2v) is 3.88. The molecule has 100 valence electrons. The fraction of sp³-hybridized carbons (Fsp3) is 0.333. The molecular formula is C12H12FN3O3. The SMILES string of the molecule is CCCC(C#N)C(=O)Nc1ccc([N+](=O)[O-])cc1F. The summed E-state index contributed by atoms with van der Waals surface area (Å²) in [6, 6.07) is 4.73. The minimum Gasteiger partial charge on any atom is -0.322 e. The molecule has 1 aromatic carbocycles. The Morgan fingerprint density at radius 3 is 2.79 bits per heavy atom. The van der Waals surface area contributed by atoms with Gasteiger partial charge < -0.3 is 5.32 Å². The Morgan fingerprint density at radius 1 is 1.63 bits per heavy atom. The van der Waals surface area contributed by atoms with Crippen molar-refractivity contribution in [3.63, 3.8) is 0 Å². The first kappa shape index (κ1) is 14.6. The van der Waals surface area contributed by atoms with E-state index in [4.69, 9.17) is 5.26 Å². The third-order valence-electron chi connectivity index (χ3n) is 2.47. The third-order valence-corrected chi connectivity index (χ3v) is 2.47. The second kappa shape index (κ2) is 6.44. The molecule has 0 saturated heterocycles. The monoisotopic (exact) mass is 265 g/mol. The zero-order valence-corrected chi connectivity index (χ0v) is 10.2. The van der Waals surface area contributed by atoms with Crippen molar-refractivity contribution in [1.82, 2.24) is 0 Å². The molecule has 1 amide bonds. The van der Waals surface area contributed by atoms with Gasteiger partial charge in [0.15, 0.2) is 5.82 Å². The topological polar surface area (TPSA) is 96.0 Å². The van der Waals surface area contributed by atoms with Crippen LogP contribution < -0.4 is 5.32 Å². The molecule has 0 aliphatic carbocycles. The maximum Gasteiger partial charge on any atom is 0.272 e. The van der Waals surface area contributed by atoms with Gasteiger partial charge >= 0.3 is 0 Å². The zero-order chi connectivity index (χ0) is 14.4. The predicted molar refractivity (Wildman–Crippen MR) is 65.7 cm³/mol. The largest absolute Gasteiger partial charge is 0.322 e. The van der Waals surface area contributed by atoms with Crippen LogP contribution in [0, 0.1) is 33.2 Å². The van der Waals surface area contributed by atoms with E-state index in [2.05, 4.69) is 5.32 Å². The van der Waals surface area contributed by atoms with Gasteiger partial charge in [-0.05, 0) is 12.5 Å². The minimum atomic E-state index is -0.907. The number of nitrogens with one attached hydrogen (secondary N) is 1. The number of carbonyl (C=O) groups excluding carboxylic acids is 1. The van der Waals surface area contributed by atoms with Crippen molar-refractivity contribution in [2.45, 2.75) is 19.8 Å². The van der Waals surface area contributed by atoms with Crippen LogP contribution in [0.15, 0.2) is 18.2 Å². The van der Waals surface area contributed by atoms with Crippen molar-refractivity contribution in [2.24, 2.45) is 5.92 Å². The molecule has 1 rings (SSSR count). The van der Waals surface area contributed by atoms with Gasteiger partial charge in [0.05, 0.1) is 22.7 Å². The molecule has 1 atom stereocenters. The standard InChI is InChI=1S/C12H12FN3O3/c1-2-3-8(7-14)12(17)15-11-5-4-9(16(18)19)6-10(11)13/h4-6,8H,2-3H2,1H3,(H,15,17). The lowest BCUT2D eigenvalue weighted by molar-refractivity contribution is -0.385. The molecule has 0 radical (unpaired) electrons. The van der Waals surface area contributed by atoms with Crippen LogP contribution in [0.5, 0.6) is 0 Å². The van der Waals surface area contributed by atoms with Gasteiger partial charge in [-0.3, -0.25) is 14.9 Å². The minimum absolute atomic E-state index is 0.174. The third kappa shape index (κ3) is 3.74. The summed E-state index contributed by atoms with van der Waals surface area (Å²) in [7, 11) is 0. The molecule has 0 aromatic heterocycles. The number of hydrogen-bond donors (Lipinski definition) is 1. The lowest BCUT2D eigenvalue weighted by Gasteiger charge is -2.09. The van der Waals surface area contributed by atoms with E-state index in [0.717, 1.165) is 18.2 Å². The summed E-state index contributed by atoms with van der Waals surface area (Å²) in [5.41, 5.74) is -0.576. The molecule has 1 aromatic rings. The Morgan fingerprint density at radius 2 is 2.32 bits per heavy atom. The smallest absolute Gasteiger partial charge is 0.272 e. The number of halogens is 1. The first-order valence-corrected chi connectivity index (χ1v) is 5.64. The summed E-state index contributed by atoms with van der Waals surface area (Å²) < 4.78 is 13.5. The maximum absolute atomic E-state index is 13.5. The number of amides is 1. The van der Waals surface area contributed by atoms with Crippen molar-refractivity contribution in [3.05, 3.63) is 34.1 Å². The van der Waals surface area contributed by atoms with E-state index in [1.807, 2.05) is 13.0 Å². The van der Waals surface area contributed by atoms with E-state index >= 15 is 0 Å². The van der Waals surface area contributed by atoms with Crippen LogP contribution in [0.25, 0.3) is 0 Å². The lowest BCUT2D eigenvalue weighted by Crippen LogP contribution is -2.22. The number of nitro groups is 1. The molecule has 19 heavy (non-hydrogen) atoms. The fourth-order valence-electron chi connectivity index (χ4n) is 1.48. The average Bonchev–Trinajstić information content (AvgIpc) is 2.37. The summed E-state index contributed by atoms with van der Waals surface area (Å²) in [4.78, 5) is 21.4. The summed E-state index contributed by atoms with van der Waals surface area (Å²) in [6.07, 6.45) is 1.02. The Hall–Kier alpha value is -2.49. The zero-order valence-electron chi connectivity index (χ0n) is 10.2. The number of nitro benzene ring substituents is 1. The fourth-order valence-corrected chi connectivity index (χ4v) is 1.48. The molecule has 0 bridgehead atoms. The van der Waals surface area contributed by atoms with Crippen LogP contribution in [0.4, 0.5) is 15.8 Å². The molecule has 0 fully saturated rings. The van der Waals surface area contributed by atoms with Gasteiger partial charge in [-0.1, -0.05) is 13.3 Å².